The van der Waals surface area contributed by atoms with Crippen molar-refractivity contribution in [2.24, 2.45) is 11.8 Å². The molecule has 4 unspecified atom stereocenters. The molecular formula is C13H22O7. The fourth-order valence-corrected chi connectivity index (χ4v) is 2.57. The van der Waals surface area contributed by atoms with Crippen molar-refractivity contribution in [3.05, 3.63) is 0 Å². The molecule has 4 atom stereocenters. The number of carbonyl (C=O) groups is 2. The van der Waals surface area contributed by atoms with E-state index >= 15 is 0 Å². The molecule has 0 aromatic heterocycles. The predicted octanol–water partition coefficient (Wildman–Crippen LogP) is 0.0873. The molecule has 0 spiro atoms. The van der Waals surface area contributed by atoms with Crippen LogP contribution in [0.2, 0.25) is 0 Å². The minimum absolute atomic E-state index is 0.258. The number of hydrogen-bond acceptors (Lipinski definition) is 5. The first-order chi connectivity index (χ1) is 9.33. The van der Waals surface area contributed by atoms with Crippen LogP contribution in [0.1, 0.15) is 33.1 Å². The number of aliphatic hydroxyl groups is 2. The first-order valence-electron chi connectivity index (χ1n) is 6.80. The van der Waals surface area contributed by atoms with Gasteiger partial charge in [-0.2, -0.15) is 0 Å². The standard InChI is InChI=1S/C13H22O7/c1-3-6(4-2)20-11-9(14)7(12(16)17)5-8(10(11)15)13(18)19/h6-11,14-15H,3-5H2,1-2H3,(H,16,17)(H,18,19). The van der Waals surface area contributed by atoms with Crippen LogP contribution < -0.4 is 0 Å². The summed E-state index contributed by atoms with van der Waals surface area (Å²) in [5, 5.41) is 38.2. The largest absolute Gasteiger partial charge is 0.481 e. The van der Waals surface area contributed by atoms with Gasteiger partial charge in [-0.1, -0.05) is 13.8 Å². The molecule has 1 fully saturated rings. The van der Waals surface area contributed by atoms with Crippen LogP contribution in [-0.2, 0) is 14.3 Å². The highest BCUT2D eigenvalue weighted by Gasteiger charge is 2.50. The fraction of sp³-hybridized carbons (Fsp3) is 0.846. The lowest BCUT2D eigenvalue weighted by atomic mass is 9.75. The van der Waals surface area contributed by atoms with Crippen LogP contribution in [0.5, 0.6) is 0 Å². The second kappa shape index (κ2) is 7.01. The second-order valence-corrected chi connectivity index (χ2v) is 5.15. The highest BCUT2D eigenvalue weighted by molar-refractivity contribution is 5.75. The molecule has 0 radical (unpaired) electrons. The third-order valence-electron chi connectivity index (χ3n) is 3.90. The van der Waals surface area contributed by atoms with Gasteiger partial charge in [0.2, 0.25) is 0 Å². The van der Waals surface area contributed by atoms with E-state index in [9.17, 15) is 19.8 Å². The Morgan fingerprint density at radius 3 is 1.75 bits per heavy atom. The maximum Gasteiger partial charge on any atom is 0.309 e. The normalized spacial score (nSPS) is 34.1. The summed E-state index contributed by atoms with van der Waals surface area (Å²) in [5.41, 5.74) is 0. The van der Waals surface area contributed by atoms with Crippen molar-refractivity contribution in [2.45, 2.75) is 57.5 Å². The Bertz CT molecular complexity index is 327. The first-order valence-corrected chi connectivity index (χ1v) is 6.80. The Hall–Kier alpha value is -1.18. The van der Waals surface area contributed by atoms with Crippen LogP contribution in [0.15, 0.2) is 0 Å². The van der Waals surface area contributed by atoms with Crippen LogP contribution in [-0.4, -0.2) is 56.8 Å². The molecule has 1 aliphatic rings. The molecule has 0 aliphatic heterocycles. The zero-order valence-electron chi connectivity index (χ0n) is 11.6. The molecule has 0 aromatic carbocycles. The topological polar surface area (TPSA) is 124 Å². The summed E-state index contributed by atoms with van der Waals surface area (Å²) in [7, 11) is 0. The van der Waals surface area contributed by atoms with Gasteiger partial charge < -0.3 is 25.2 Å². The van der Waals surface area contributed by atoms with Crippen molar-refractivity contribution >= 4 is 11.9 Å². The average Bonchev–Trinajstić information content (AvgIpc) is 2.38. The van der Waals surface area contributed by atoms with Gasteiger partial charge in [-0.15, -0.1) is 0 Å². The zero-order valence-corrected chi connectivity index (χ0v) is 11.6. The molecule has 0 bridgehead atoms. The molecule has 4 N–H and O–H groups in total. The van der Waals surface area contributed by atoms with E-state index in [0.717, 1.165) is 0 Å². The molecule has 1 rings (SSSR count). The Morgan fingerprint density at radius 1 is 1.05 bits per heavy atom. The predicted molar refractivity (Wildman–Crippen MR) is 68.1 cm³/mol. The summed E-state index contributed by atoms with van der Waals surface area (Å²) in [4.78, 5) is 22.2. The fourth-order valence-electron chi connectivity index (χ4n) is 2.57. The van der Waals surface area contributed by atoms with Gasteiger partial charge in [0.05, 0.1) is 30.1 Å². The van der Waals surface area contributed by atoms with Gasteiger partial charge in [-0.05, 0) is 19.3 Å². The van der Waals surface area contributed by atoms with Crippen LogP contribution in [0.4, 0.5) is 0 Å². The summed E-state index contributed by atoms with van der Waals surface area (Å²) in [6, 6.07) is 0. The summed E-state index contributed by atoms with van der Waals surface area (Å²) in [6.45, 7) is 3.72. The van der Waals surface area contributed by atoms with Crippen LogP contribution >= 0.6 is 0 Å². The summed E-state index contributed by atoms with van der Waals surface area (Å²) < 4.78 is 5.55. The van der Waals surface area contributed by atoms with E-state index in [2.05, 4.69) is 0 Å². The Balaban J connectivity index is 2.97. The van der Waals surface area contributed by atoms with Gasteiger partial charge in [0.1, 0.15) is 6.10 Å². The Morgan fingerprint density at radius 2 is 1.45 bits per heavy atom. The molecule has 0 amide bonds. The molecule has 1 saturated carbocycles. The van der Waals surface area contributed by atoms with Gasteiger partial charge in [-0.3, -0.25) is 9.59 Å². The molecule has 1 aliphatic carbocycles. The summed E-state index contributed by atoms with van der Waals surface area (Å²) in [5.74, 6) is -5.07. The van der Waals surface area contributed by atoms with Gasteiger partial charge in [-0.25, -0.2) is 0 Å². The van der Waals surface area contributed by atoms with Crippen molar-refractivity contribution in [3.63, 3.8) is 0 Å². The second-order valence-electron chi connectivity index (χ2n) is 5.15. The highest BCUT2D eigenvalue weighted by atomic mass is 16.5. The van der Waals surface area contributed by atoms with Crippen molar-refractivity contribution in [2.75, 3.05) is 0 Å². The maximum atomic E-state index is 11.1. The van der Waals surface area contributed by atoms with Crippen LogP contribution in [0.25, 0.3) is 0 Å². The number of carboxylic acids is 2. The third-order valence-corrected chi connectivity index (χ3v) is 3.90. The van der Waals surface area contributed by atoms with E-state index in [4.69, 9.17) is 14.9 Å². The summed E-state index contributed by atoms with van der Waals surface area (Å²) >= 11 is 0. The monoisotopic (exact) mass is 290 g/mol. The van der Waals surface area contributed by atoms with E-state index < -0.39 is 42.1 Å². The highest BCUT2D eigenvalue weighted by Crippen LogP contribution is 2.33. The molecule has 0 saturated heterocycles. The third kappa shape index (κ3) is 3.47. The van der Waals surface area contributed by atoms with Gasteiger partial charge >= 0.3 is 11.9 Å². The Kier molecular flexibility index (Phi) is 5.91. The molecule has 0 heterocycles. The number of hydrogen-bond donors (Lipinski definition) is 4. The lowest BCUT2D eigenvalue weighted by Crippen LogP contribution is -2.56. The average molecular weight is 290 g/mol. The molecule has 116 valence electrons. The van der Waals surface area contributed by atoms with E-state index in [0.29, 0.717) is 12.8 Å². The lowest BCUT2D eigenvalue weighted by Gasteiger charge is -2.40. The van der Waals surface area contributed by atoms with Gasteiger partial charge in [0, 0.05) is 0 Å². The van der Waals surface area contributed by atoms with E-state index in [1.165, 1.54) is 0 Å². The number of rotatable bonds is 6. The lowest BCUT2D eigenvalue weighted by molar-refractivity contribution is -0.197. The smallest absolute Gasteiger partial charge is 0.309 e. The number of aliphatic carboxylic acids is 2. The molecule has 7 heteroatoms. The first kappa shape index (κ1) is 16.9. The van der Waals surface area contributed by atoms with E-state index in [1.807, 2.05) is 13.8 Å². The maximum absolute atomic E-state index is 11.1. The van der Waals surface area contributed by atoms with Crippen LogP contribution in [0, 0.1) is 11.8 Å². The van der Waals surface area contributed by atoms with Gasteiger partial charge in [0.15, 0.2) is 0 Å². The SMILES string of the molecule is CCC(CC)OC1C(O)C(C(=O)O)CC(C(=O)O)C1O. The van der Waals surface area contributed by atoms with Crippen molar-refractivity contribution < 1.29 is 34.8 Å². The van der Waals surface area contributed by atoms with Gasteiger partial charge in [0.25, 0.3) is 0 Å². The molecule has 0 aromatic rings. The van der Waals surface area contributed by atoms with Crippen LogP contribution in [0.3, 0.4) is 0 Å². The number of aliphatic hydroxyl groups excluding tert-OH is 2. The molecule has 20 heavy (non-hydrogen) atoms. The van der Waals surface area contributed by atoms with Crippen molar-refractivity contribution in [1.29, 1.82) is 0 Å². The zero-order chi connectivity index (χ0) is 15.4. The van der Waals surface area contributed by atoms with E-state index in [1.54, 1.807) is 0 Å². The minimum atomic E-state index is -1.42. The molecular weight excluding hydrogens is 268 g/mol. The number of ether oxygens (including phenoxy) is 1. The Labute approximate surface area is 117 Å². The van der Waals surface area contributed by atoms with E-state index in [-0.39, 0.29) is 12.5 Å². The molecule has 7 nitrogen and oxygen atoms in total. The summed E-state index contributed by atoms with van der Waals surface area (Å²) in [6.07, 6.45) is -3.35. The van der Waals surface area contributed by atoms with Crippen molar-refractivity contribution in [1.82, 2.24) is 0 Å². The minimum Gasteiger partial charge on any atom is -0.481 e. The number of carboxylic acid groups (broad SMARTS) is 2. The van der Waals surface area contributed by atoms with Crippen molar-refractivity contribution in [3.8, 4) is 0 Å². The quantitative estimate of drug-likeness (QED) is 0.546.